The monoisotopic (exact) mass is 314 g/mol. The summed E-state index contributed by atoms with van der Waals surface area (Å²) in [5.41, 5.74) is 1.28. The molecule has 0 saturated heterocycles. The standard InChI is InChI=1S/C12H18BIN/c1-9(2)15(10(3)4)13-11-5-7-12(14)8-6-11/h5-10H,1-4H3. The van der Waals surface area contributed by atoms with Gasteiger partial charge in [0.2, 0.25) is 7.41 Å². The Kier molecular flexibility index (Phi) is 5.13. The molecule has 0 heterocycles. The van der Waals surface area contributed by atoms with E-state index in [0.717, 1.165) is 0 Å². The molecule has 1 nitrogen and oxygen atoms in total. The molecule has 0 amide bonds. The summed E-state index contributed by atoms with van der Waals surface area (Å²) in [6.07, 6.45) is 0. The lowest BCUT2D eigenvalue weighted by molar-refractivity contribution is 0.315. The minimum absolute atomic E-state index is 0.546. The van der Waals surface area contributed by atoms with Crippen LogP contribution >= 0.6 is 22.6 Å². The molecule has 1 rings (SSSR count). The maximum absolute atomic E-state index is 2.38. The first-order valence-electron chi connectivity index (χ1n) is 5.38. The van der Waals surface area contributed by atoms with Crippen LogP contribution in [0.15, 0.2) is 24.3 Å². The zero-order chi connectivity index (χ0) is 11.4. The molecule has 1 radical (unpaired) electrons. The fourth-order valence-electron chi connectivity index (χ4n) is 1.62. The maximum atomic E-state index is 2.38. The smallest absolute Gasteiger partial charge is 0.248 e. The van der Waals surface area contributed by atoms with Crippen molar-refractivity contribution in [1.29, 1.82) is 0 Å². The first-order valence-corrected chi connectivity index (χ1v) is 6.46. The Morgan fingerprint density at radius 1 is 1.00 bits per heavy atom. The van der Waals surface area contributed by atoms with Crippen LogP contribution in [0.5, 0.6) is 0 Å². The highest BCUT2D eigenvalue weighted by Gasteiger charge is 2.14. The summed E-state index contributed by atoms with van der Waals surface area (Å²) in [5.74, 6) is 0. The molecule has 0 N–H and O–H groups in total. The predicted octanol–water partition coefficient (Wildman–Crippen LogP) is 2.65. The third-order valence-corrected chi connectivity index (χ3v) is 3.08. The number of halogens is 1. The van der Waals surface area contributed by atoms with Crippen molar-refractivity contribution in [2.45, 2.75) is 39.8 Å². The van der Waals surface area contributed by atoms with Crippen molar-refractivity contribution < 1.29 is 0 Å². The van der Waals surface area contributed by atoms with Crippen molar-refractivity contribution in [3.63, 3.8) is 0 Å². The van der Waals surface area contributed by atoms with Crippen molar-refractivity contribution in [3.05, 3.63) is 27.8 Å². The van der Waals surface area contributed by atoms with E-state index in [1.54, 1.807) is 0 Å². The number of benzene rings is 1. The van der Waals surface area contributed by atoms with E-state index < -0.39 is 0 Å². The fourth-order valence-corrected chi connectivity index (χ4v) is 1.97. The molecule has 3 heteroatoms. The molecule has 81 valence electrons. The summed E-state index contributed by atoms with van der Waals surface area (Å²) in [6, 6.07) is 9.71. The second kappa shape index (κ2) is 5.90. The highest BCUT2D eigenvalue weighted by Crippen LogP contribution is 2.04. The van der Waals surface area contributed by atoms with Gasteiger partial charge in [0, 0.05) is 3.57 Å². The Labute approximate surface area is 108 Å². The Morgan fingerprint density at radius 2 is 1.47 bits per heavy atom. The topological polar surface area (TPSA) is 3.24 Å². The average molecular weight is 314 g/mol. The lowest BCUT2D eigenvalue weighted by Gasteiger charge is -2.30. The molecule has 0 spiro atoms. The number of hydrogen-bond acceptors (Lipinski definition) is 1. The Balaban J connectivity index is 2.70. The van der Waals surface area contributed by atoms with Crippen LogP contribution in [-0.2, 0) is 0 Å². The summed E-state index contributed by atoms with van der Waals surface area (Å²) in [5, 5.41) is 0. The summed E-state index contributed by atoms with van der Waals surface area (Å²) < 4.78 is 1.28. The van der Waals surface area contributed by atoms with E-state index in [4.69, 9.17) is 0 Å². The van der Waals surface area contributed by atoms with Crippen LogP contribution in [0.25, 0.3) is 0 Å². The molecule has 1 aromatic rings. The first kappa shape index (κ1) is 13.0. The Hall–Kier alpha value is -0.0251. The van der Waals surface area contributed by atoms with E-state index in [2.05, 4.69) is 86.8 Å². The van der Waals surface area contributed by atoms with Crippen LogP contribution in [0, 0.1) is 3.57 Å². The second-order valence-corrected chi connectivity index (χ2v) is 5.56. The van der Waals surface area contributed by atoms with E-state index in [0.29, 0.717) is 12.1 Å². The molecule has 0 aromatic heterocycles. The largest absolute Gasteiger partial charge is 0.338 e. The summed E-state index contributed by atoms with van der Waals surface area (Å²) in [7, 11) is 2.24. The average Bonchev–Trinajstić information content (AvgIpc) is 2.15. The third kappa shape index (κ3) is 4.15. The van der Waals surface area contributed by atoms with Gasteiger partial charge < -0.3 is 4.81 Å². The highest BCUT2D eigenvalue weighted by molar-refractivity contribution is 14.1. The molecule has 1 aromatic carbocycles. The number of nitrogens with zero attached hydrogens (tertiary/aromatic N) is 1. The summed E-state index contributed by atoms with van der Waals surface area (Å²) in [6.45, 7) is 8.90. The predicted molar refractivity (Wildman–Crippen MR) is 76.7 cm³/mol. The van der Waals surface area contributed by atoms with Gasteiger partial charge in [-0.15, -0.1) is 0 Å². The molecule has 0 saturated carbocycles. The van der Waals surface area contributed by atoms with Crippen LogP contribution in [0.2, 0.25) is 0 Å². The first-order chi connectivity index (χ1) is 7.00. The van der Waals surface area contributed by atoms with Gasteiger partial charge in [-0.1, -0.05) is 45.3 Å². The SMILES string of the molecule is CC(C)N([B]c1ccc(I)cc1)C(C)C. The van der Waals surface area contributed by atoms with Crippen LogP contribution in [-0.4, -0.2) is 24.3 Å². The third-order valence-electron chi connectivity index (χ3n) is 2.36. The van der Waals surface area contributed by atoms with Crippen molar-refractivity contribution in [3.8, 4) is 0 Å². The van der Waals surface area contributed by atoms with Gasteiger partial charge in [0.25, 0.3) is 0 Å². The molecule has 0 bridgehead atoms. The maximum Gasteiger partial charge on any atom is 0.248 e. The lowest BCUT2D eigenvalue weighted by atomic mass is 9.78. The van der Waals surface area contributed by atoms with Crippen LogP contribution in [0.1, 0.15) is 27.7 Å². The summed E-state index contributed by atoms with van der Waals surface area (Å²) >= 11 is 2.33. The zero-order valence-corrected chi connectivity index (χ0v) is 12.0. The number of rotatable bonds is 4. The van der Waals surface area contributed by atoms with E-state index >= 15 is 0 Å². The van der Waals surface area contributed by atoms with Gasteiger partial charge in [-0.2, -0.15) is 0 Å². The lowest BCUT2D eigenvalue weighted by Crippen LogP contribution is -2.45. The van der Waals surface area contributed by atoms with Gasteiger partial charge >= 0.3 is 0 Å². The van der Waals surface area contributed by atoms with Crippen molar-refractivity contribution in [1.82, 2.24) is 4.81 Å². The molecular formula is C12H18BIN. The minimum Gasteiger partial charge on any atom is -0.338 e. The minimum atomic E-state index is 0.546. The van der Waals surface area contributed by atoms with Crippen molar-refractivity contribution in [2.24, 2.45) is 0 Å². The molecule has 0 unspecified atom stereocenters. The molecule has 0 atom stereocenters. The quantitative estimate of drug-likeness (QED) is 0.610. The van der Waals surface area contributed by atoms with Crippen molar-refractivity contribution >= 4 is 35.5 Å². The van der Waals surface area contributed by atoms with Gasteiger partial charge in [0.15, 0.2) is 0 Å². The van der Waals surface area contributed by atoms with Gasteiger partial charge in [0.1, 0.15) is 0 Å². The molecule has 15 heavy (non-hydrogen) atoms. The van der Waals surface area contributed by atoms with E-state index in [1.807, 2.05) is 0 Å². The molecule has 0 aliphatic carbocycles. The number of hydrogen-bond donors (Lipinski definition) is 0. The van der Waals surface area contributed by atoms with Gasteiger partial charge in [-0.25, -0.2) is 0 Å². The summed E-state index contributed by atoms with van der Waals surface area (Å²) in [4.78, 5) is 2.38. The van der Waals surface area contributed by atoms with Crippen molar-refractivity contribution in [2.75, 3.05) is 0 Å². The van der Waals surface area contributed by atoms with E-state index in [-0.39, 0.29) is 0 Å². The zero-order valence-electron chi connectivity index (χ0n) is 9.87. The molecule has 0 aliphatic rings. The van der Waals surface area contributed by atoms with Crippen LogP contribution < -0.4 is 5.46 Å². The van der Waals surface area contributed by atoms with E-state index in [9.17, 15) is 0 Å². The Bertz CT molecular complexity index is 287. The second-order valence-electron chi connectivity index (χ2n) is 4.32. The van der Waals surface area contributed by atoms with Gasteiger partial charge in [-0.05, 0) is 46.8 Å². The molecule has 0 aliphatic heterocycles. The molecular weight excluding hydrogens is 296 g/mol. The highest BCUT2D eigenvalue weighted by atomic mass is 127. The van der Waals surface area contributed by atoms with Crippen LogP contribution in [0.4, 0.5) is 0 Å². The fraction of sp³-hybridized carbons (Fsp3) is 0.500. The van der Waals surface area contributed by atoms with Gasteiger partial charge in [-0.3, -0.25) is 0 Å². The molecule has 0 fully saturated rings. The van der Waals surface area contributed by atoms with E-state index in [1.165, 1.54) is 9.03 Å². The normalized spacial score (nSPS) is 11.5. The van der Waals surface area contributed by atoms with Gasteiger partial charge in [0.05, 0.1) is 0 Å². The Morgan fingerprint density at radius 3 is 1.87 bits per heavy atom. The van der Waals surface area contributed by atoms with Crippen LogP contribution in [0.3, 0.4) is 0 Å².